The molecular formula is C15H18ClN3O3. The SMILES string of the molecule is COCCCNC(=O)CCc1nnc(-c2ccc(Cl)cc2)o1. The summed E-state index contributed by atoms with van der Waals surface area (Å²) >= 11 is 5.83. The summed E-state index contributed by atoms with van der Waals surface area (Å²) in [5.74, 6) is 0.825. The number of methoxy groups -OCH3 is 1. The van der Waals surface area contributed by atoms with Gasteiger partial charge in [0.25, 0.3) is 0 Å². The summed E-state index contributed by atoms with van der Waals surface area (Å²) in [5, 5.41) is 11.4. The molecule has 0 aliphatic rings. The zero-order valence-corrected chi connectivity index (χ0v) is 13.1. The van der Waals surface area contributed by atoms with Crippen molar-refractivity contribution in [1.82, 2.24) is 15.5 Å². The standard InChI is InChI=1S/C15H18ClN3O3/c1-21-10-2-9-17-13(20)7-8-14-18-19-15(22-14)11-3-5-12(16)6-4-11/h3-6H,2,7-10H2,1H3,(H,17,20). The number of aryl methyl sites for hydroxylation is 1. The molecule has 1 heterocycles. The van der Waals surface area contributed by atoms with Crippen LogP contribution in [-0.2, 0) is 16.0 Å². The van der Waals surface area contributed by atoms with Crippen LogP contribution >= 0.6 is 11.6 Å². The second kappa shape index (κ2) is 8.51. The highest BCUT2D eigenvalue weighted by Crippen LogP contribution is 2.20. The van der Waals surface area contributed by atoms with Gasteiger partial charge < -0.3 is 14.5 Å². The fourth-order valence-electron chi connectivity index (χ4n) is 1.82. The normalized spacial score (nSPS) is 10.6. The van der Waals surface area contributed by atoms with Gasteiger partial charge in [0.2, 0.25) is 17.7 Å². The maximum Gasteiger partial charge on any atom is 0.247 e. The van der Waals surface area contributed by atoms with E-state index < -0.39 is 0 Å². The van der Waals surface area contributed by atoms with Crippen molar-refractivity contribution in [3.8, 4) is 11.5 Å². The van der Waals surface area contributed by atoms with Crippen molar-refractivity contribution in [3.63, 3.8) is 0 Å². The third-order valence-corrected chi connectivity index (χ3v) is 3.22. The topological polar surface area (TPSA) is 77.2 Å². The van der Waals surface area contributed by atoms with Crippen LogP contribution in [0.5, 0.6) is 0 Å². The Bertz CT molecular complexity index is 598. The summed E-state index contributed by atoms with van der Waals surface area (Å²) in [6, 6.07) is 7.13. The average Bonchev–Trinajstić information content (AvgIpc) is 2.99. The number of halogens is 1. The van der Waals surface area contributed by atoms with Crippen LogP contribution in [0.4, 0.5) is 0 Å². The highest BCUT2D eigenvalue weighted by molar-refractivity contribution is 6.30. The molecule has 1 aromatic heterocycles. The second-order valence-corrected chi connectivity index (χ2v) is 5.14. The Balaban J connectivity index is 1.79. The lowest BCUT2D eigenvalue weighted by atomic mass is 10.2. The van der Waals surface area contributed by atoms with Crippen molar-refractivity contribution in [2.24, 2.45) is 0 Å². The van der Waals surface area contributed by atoms with Crippen LogP contribution in [0.3, 0.4) is 0 Å². The van der Waals surface area contributed by atoms with Crippen molar-refractivity contribution in [1.29, 1.82) is 0 Å². The van der Waals surface area contributed by atoms with E-state index in [-0.39, 0.29) is 5.91 Å². The Kier molecular flexibility index (Phi) is 6.36. The van der Waals surface area contributed by atoms with E-state index in [9.17, 15) is 4.79 Å². The zero-order valence-electron chi connectivity index (χ0n) is 12.3. The number of hydrogen-bond acceptors (Lipinski definition) is 5. The van der Waals surface area contributed by atoms with E-state index in [0.29, 0.717) is 42.8 Å². The predicted molar refractivity (Wildman–Crippen MR) is 82.6 cm³/mol. The van der Waals surface area contributed by atoms with Gasteiger partial charge in [0, 0.05) is 43.7 Å². The summed E-state index contributed by atoms with van der Waals surface area (Å²) in [6.07, 6.45) is 1.52. The van der Waals surface area contributed by atoms with Gasteiger partial charge in [-0.25, -0.2) is 0 Å². The molecule has 1 amide bonds. The summed E-state index contributed by atoms with van der Waals surface area (Å²) < 4.78 is 10.4. The minimum Gasteiger partial charge on any atom is -0.421 e. The number of nitrogens with zero attached hydrogens (tertiary/aromatic N) is 2. The van der Waals surface area contributed by atoms with E-state index in [0.717, 1.165) is 12.0 Å². The van der Waals surface area contributed by atoms with E-state index in [2.05, 4.69) is 15.5 Å². The molecule has 2 rings (SSSR count). The Morgan fingerprint density at radius 1 is 1.32 bits per heavy atom. The minimum absolute atomic E-state index is 0.0395. The van der Waals surface area contributed by atoms with E-state index in [1.165, 1.54) is 0 Å². The van der Waals surface area contributed by atoms with Gasteiger partial charge in [-0.05, 0) is 30.7 Å². The van der Waals surface area contributed by atoms with Crippen LogP contribution in [0.25, 0.3) is 11.5 Å². The average molecular weight is 324 g/mol. The number of benzene rings is 1. The Morgan fingerprint density at radius 3 is 2.82 bits per heavy atom. The molecule has 118 valence electrons. The van der Waals surface area contributed by atoms with Crippen molar-refractivity contribution in [3.05, 3.63) is 35.2 Å². The zero-order chi connectivity index (χ0) is 15.8. The van der Waals surface area contributed by atoms with Crippen molar-refractivity contribution >= 4 is 17.5 Å². The molecule has 1 N–H and O–H groups in total. The van der Waals surface area contributed by atoms with Crippen LogP contribution in [0.2, 0.25) is 5.02 Å². The van der Waals surface area contributed by atoms with E-state index >= 15 is 0 Å². The molecule has 0 atom stereocenters. The summed E-state index contributed by atoms with van der Waals surface area (Å²) in [5.41, 5.74) is 0.798. The van der Waals surface area contributed by atoms with E-state index in [1.54, 1.807) is 19.2 Å². The number of nitrogens with one attached hydrogen (secondary N) is 1. The van der Waals surface area contributed by atoms with Crippen LogP contribution in [-0.4, -0.2) is 36.4 Å². The number of hydrogen-bond donors (Lipinski definition) is 1. The molecule has 0 bridgehead atoms. The van der Waals surface area contributed by atoms with Crippen molar-refractivity contribution in [2.45, 2.75) is 19.3 Å². The molecule has 0 aliphatic heterocycles. The van der Waals surface area contributed by atoms with E-state index in [1.807, 2.05) is 12.1 Å². The lowest BCUT2D eigenvalue weighted by Gasteiger charge is -2.03. The highest BCUT2D eigenvalue weighted by atomic mass is 35.5. The number of amides is 1. The molecule has 2 aromatic rings. The smallest absolute Gasteiger partial charge is 0.247 e. The fourth-order valence-corrected chi connectivity index (χ4v) is 1.94. The van der Waals surface area contributed by atoms with E-state index in [4.69, 9.17) is 20.8 Å². The molecular weight excluding hydrogens is 306 g/mol. The number of carbonyl (C=O) groups is 1. The van der Waals surface area contributed by atoms with Crippen LogP contribution in [0, 0.1) is 0 Å². The molecule has 0 fully saturated rings. The lowest BCUT2D eigenvalue weighted by Crippen LogP contribution is -2.25. The lowest BCUT2D eigenvalue weighted by molar-refractivity contribution is -0.121. The molecule has 0 aliphatic carbocycles. The van der Waals surface area contributed by atoms with Crippen molar-refractivity contribution in [2.75, 3.05) is 20.3 Å². The summed E-state index contributed by atoms with van der Waals surface area (Å²) in [4.78, 5) is 11.6. The largest absolute Gasteiger partial charge is 0.421 e. The quantitative estimate of drug-likeness (QED) is 0.755. The maximum absolute atomic E-state index is 11.6. The second-order valence-electron chi connectivity index (χ2n) is 4.70. The molecule has 0 spiro atoms. The molecule has 7 heteroatoms. The highest BCUT2D eigenvalue weighted by Gasteiger charge is 2.10. The first kappa shape index (κ1) is 16.5. The molecule has 6 nitrogen and oxygen atoms in total. The number of aromatic nitrogens is 2. The Hall–Kier alpha value is -1.92. The van der Waals surface area contributed by atoms with Gasteiger partial charge in [0.05, 0.1) is 0 Å². The van der Waals surface area contributed by atoms with Gasteiger partial charge >= 0.3 is 0 Å². The Labute approximate surface area is 133 Å². The summed E-state index contributed by atoms with van der Waals surface area (Å²) in [6.45, 7) is 1.24. The van der Waals surface area contributed by atoms with Crippen LogP contribution < -0.4 is 5.32 Å². The molecule has 0 saturated heterocycles. The third-order valence-electron chi connectivity index (χ3n) is 2.97. The van der Waals surface area contributed by atoms with Gasteiger partial charge in [0.1, 0.15) is 0 Å². The minimum atomic E-state index is -0.0395. The first-order valence-electron chi connectivity index (χ1n) is 7.03. The number of rotatable bonds is 8. The van der Waals surface area contributed by atoms with Crippen LogP contribution in [0.15, 0.2) is 28.7 Å². The van der Waals surface area contributed by atoms with Gasteiger partial charge in [-0.15, -0.1) is 10.2 Å². The Morgan fingerprint density at radius 2 is 2.09 bits per heavy atom. The maximum atomic E-state index is 11.6. The van der Waals surface area contributed by atoms with Gasteiger partial charge in [-0.3, -0.25) is 4.79 Å². The van der Waals surface area contributed by atoms with Gasteiger partial charge in [-0.1, -0.05) is 11.6 Å². The molecule has 1 aromatic carbocycles. The third kappa shape index (κ3) is 5.13. The monoisotopic (exact) mass is 323 g/mol. The predicted octanol–water partition coefficient (Wildman–Crippen LogP) is 2.48. The molecule has 0 saturated carbocycles. The molecule has 0 radical (unpaired) electrons. The number of carbonyl (C=O) groups excluding carboxylic acids is 1. The first-order valence-corrected chi connectivity index (χ1v) is 7.41. The summed E-state index contributed by atoms with van der Waals surface area (Å²) in [7, 11) is 1.63. The first-order chi connectivity index (χ1) is 10.7. The molecule has 22 heavy (non-hydrogen) atoms. The number of ether oxygens (including phenoxy) is 1. The van der Waals surface area contributed by atoms with Gasteiger partial charge in [0.15, 0.2) is 0 Å². The van der Waals surface area contributed by atoms with Gasteiger partial charge in [-0.2, -0.15) is 0 Å². The van der Waals surface area contributed by atoms with Crippen molar-refractivity contribution < 1.29 is 13.9 Å². The van der Waals surface area contributed by atoms with Crippen LogP contribution in [0.1, 0.15) is 18.7 Å². The molecule has 0 unspecified atom stereocenters. The fraction of sp³-hybridized carbons (Fsp3) is 0.400.